The fourth-order valence-electron chi connectivity index (χ4n) is 1.73. The minimum atomic E-state index is -0.164. The van der Waals surface area contributed by atoms with Gasteiger partial charge in [-0.3, -0.25) is 4.79 Å². The summed E-state index contributed by atoms with van der Waals surface area (Å²) >= 11 is 0. The van der Waals surface area contributed by atoms with Gasteiger partial charge in [0.25, 0.3) is 5.91 Å². The lowest BCUT2D eigenvalue weighted by Crippen LogP contribution is -2.20. The summed E-state index contributed by atoms with van der Waals surface area (Å²) in [6.07, 6.45) is 0. The molecule has 1 aromatic carbocycles. The maximum Gasteiger partial charge on any atom is 0.259 e. The normalized spacial score (nSPS) is 10.1. The van der Waals surface area contributed by atoms with E-state index in [-0.39, 0.29) is 5.91 Å². The fourth-order valence-corrected chi connectivity index (χ4v) is 1.73. The molecular weight excluding hydrogens is 238 g/mol. The van der Waals surface area contributed by atoms with Gasteiger partial charge in [0.2, 0.25) is 0 Å². The summed E-state index contributed by atoms with van der Waals surface area (Å²) in [7, 11) is 3.74. The van der Waals surface area contributed by atoms with Crippen molar-refractivity contribution in [3.8, 4) is 0 Å². The molecule has 1 heterocycles. The van der Waals surface area contributed by atoms with Gasteiger partial charge in [-0.05, 0) is 37.3 Å². The third-order valence-corrected chi connectivity index (χ3v) is 2.66. The number of nitrogens with zero attached hydrogens (tertiary/aromatic N) is 2. The van der Waals surface area contributed by atoms with Crippen LogP contribution >= 0.6 is 0 Å². The molecule has 0 saturated carbocycles. The molecule has 1 N–H and O–H groups in total. The Morgan fingerprint density at radius 3 is 2.53 bits per heavy atom. The molecular formula is C15H16N3O. The Kier molecular flexibility index (Phi) is 3.80. The van der Waals surface area contributed by atoms with Crippen molar-refractivity contribution in [2.75, 3.05) is 24.3 Å². The summed E-state index contributed by atoms with van der Waals surface area (Å²) in [6, 6.07) is 13.7. The number of pyridine rings is 1. The molecule has 0 spiro atoms. The second-order valence-electron chi connectivity index (χ2n) is 4.46. The van der Waals surface area contributed by atoms with Gasteiger partial charge in [0, 0.05) is 25.5 Å². The minimum Gasteiger partial charge on any atom is -0.362 e. The number of hydrogen-bond acceptors (Lipinski definition) is 3. The van der Waals surface area contributed by atoms with Gasteiger partial charge in [-0.1, -0.05) is 12.1 Å². The zero-order valence-electron chi connectivity index (χ0n) is 11.3. The molecule has 1 amide bonds. The third kappa shape index (κ3) is 3.10. The molecule has 0 fully saturated rings. The first kappa shape index (κ1) is 13.1. The molecule has 19 heavy (non-hydrogen) atoms. The molecule has 1 radical (unpaired) electrons. The van der Waals surface area contributed by atoms with Crippen molar-refractivity contribution in [1.82, 2.24) is 4.98 Å². The van der Waals surface area contributed by atoms with Crippen molar-refractivity contribution in [3.05, 3.63) is 53.7 Å². The molecule has 0 saturated heterocycles. The van der Waals surface area contributed by atoms with Gasteiger partial charge >= 0.3 is 0 Å². The topological polar surface area (TPSA) is 45.2 Å². The molecule has 0 atom stereocenters. The molecule has 0 aliphatic rings. The first-order valence-corrected chi connectivity index (χ1v) is 6.00. The summed E-state index contributed by atoms with van der Waals surface area (Å²) in [6.45, 7) is 1.90. The van der Waals surface area contributed by atoms with Gasteiger partial charge in [-0.2, -0.15) is 0 Å². The van der Waals surface area contributed by atoms with Gasteiger partial charge in [0.15, 0.2) is 0 Å². The molecule has 0 aliphatic heterocycles. The van der Waals surface area contributed by atoms with Crippen LogP contribution in [0.25, 0.3) is 0 Å². The van der Waals surface area contributed by atoms with Crippen LogP contribution in [-0.4, -0.2) is 25.0 Å². The van der Waals surface area contributed by atoms with E-state index >= 15 is 0 Å². The highest BCUT2D eigenvalue weighted by atomic mass is 16.1. The van der Waals surface area contributed by atoms with Crippen molar-refractivity contribution in [1.29, 1.82) is 0 Å². The van der Waals surface area contributed by atoms with E-state index in [4.69, 9.17) is 0 Å². The van der Waals surface area contributed by atoms with Gasteiger partial charge in [-0.15, -0.1) is 0 Å². The highest BCUT2D eigenvalue weighted by Gasteiger charge is 2.14. The maximum absolute atomic E-state index is 12.3. The van der Waals surface area contributed by atoms with Crippen LogP contribution in [0.1, 0.15) is 16.1 Å². The van der Waals surface area contributed by atoms with Crippen molar-refractivity contribution in [2.24, 2.45) is 0 Å². The number of anilines is 2. The number of carbonyl (C=O) groups is 1. The second-order valence-corrected chi connectivity index (χ2v) is 4.46. The fraction of sp³-hybridized carbons (Fsp3) is 0.200. The highest BCUT2D eigenvalue weighted by Crippen LogP contribution is 2.18. The maximum atomic E-state index is 12.3. The quantitative estimate of drug-likeness (QED) is 0.915. The number of aromatic nitrogens is 1. The predicted octanol–water partition coefficient (Wildman–Crippen LogP) is 2.51. The molecule has 97 valence electrons. The smallest absolute Gasteiger partial charge is 0.259 e. The summed E-state index contributed by atoms with van der Waals surface area (Å²) in [4.78, 5) is 18.5. The van der Waals surface area contributed by atoms with Crippen LogP contribution in [0, 0.1) is 13.0 Å². The van der Waals surface area contributed by atoms with E-state index in [9.17, 15) is 4.79 Å². The van der Waals surface area contributed by atoms with Crippen LogP contribution in [0.2, 0.25) is 0 Å². The van der Waals surface area contributed by atoms with Crippen molar-refractivity contribution in [2.45, 2.75) is 6.92 Å². The van der Waals surface area contributed by atoms with Crippen LogP contribution in [0.3, 0.4) is 0 Å². The number of carbonyl (C=O) groups excluding carboxylic acids is 1. The zero-order valence-corrected chi connectivity index (χ0v) is 11.3. The Bertz CT molecular complexity index is 579. The van der Waals surface area contributed by atoms with E-state index in [1.165, 1.54) is 0 Å². The average molecular weight is 254 g/mol. The summed E-state index contributed by atoms with van der Waals surface area (Å²) in [5.41, 5.74) is 2.19. The number of nitrogens with one attached hydrogen (secondary N) is 1. The zero-order chi connectivity index (χ0) is 13.8. The van der Waals surface area contributed by atoms with Crippen molar-refractivity contribution < 1.29 is 4.79 Å². The van der Waals surface area contributed by atoms with E-state index in [1.807, 2.05) is 32.0 Å². The lowest BCUT2D eigenvalue weighted by atomic mass is 10.2. The van der Waals surface area contributed by atoms with Crippen LogP contribution in [-0.2, 0) is 0 Å². The second kappa shape index (κ2) is 5.52. The largest absolute Gasteiger partial charge is 0.362 e. The number of rotatable bonds is 3. The average Bonchev–Trinajstić information content (AvgIpc) is 2.39. The SMILES string of the molecule is Cc1ccc(C(=O)Nc2cc[c]cc2)c(N(C)C)n1. The Balaban J connectivity index is 2.29. The van der Waals surface area contributed by atoms with Crippen molar-refractivity contribution >= 4 is 17.4 Å². The third-order valence-electron chi connectivity index (χ3n) is 2.66. The Morgan fingerprint density at radius 1 is 1.21 bits per heavy atom. The Hall–Kier alpha value is -2.36. The summed E-state index contributed by atoms with van der Waals surface area (Å²) in [5, 5.41) is 2.85. The van der Waals surface area contributed by atoms with Crippen LogP contribution in [0.5, 0.6) is 0 Å². The number of hydrogen-bond donors (Lipinski definition) is 1. The van der Waals surface area contributed by atoms with E-state index in [0.29, 0.717) is 11.4 Å². The molecule has 4 nitrogen and oxygen atoms in total. The van der Waals surface area contributed by atoms with E-state index in [1.54, 1.807) is 30.3 Å². The molecule has 4 heteroatoms. The van der Waals surface area contributed by atoms with E-state index in [2.05, 4.69) is 16.4 Å². The monoisotopic (exact) mass is 254 g/mol. The number of aryl methyl sites for hydroxylation is 1. The Labute approximate surface area is 113 Å². The Morgan fingerprint density at radius 2 is 1.89 bits per heavy atom. The molecule has 2 rings (SSSR count). The molecule has 2 aromatic rings. The molecule has 0 bridgehead atoms. The van der Waals surface area contributed by atoms with Gasteiger partial charge in [0.1, 0.15) is 5.82 Å². The first-order valence-electron chi connectivity index (χ1n) is 6.00. The van der Waals surface area contributed by atoms with Crippen molar-refractivity contribution in [3.63, 3.8) is 0 Å². The van der Waals surface area contributed by atoms with Crippen LogP contribution < -0.4 is 10.2 Å². The van der Waals surface area contributed by atoms with Crippen LogP contribution in [0.4, 0.5) is 11.5 Å². The summed E-state index contributed by atoms with van der Waals surface area (Å²) in [5.74, 6) is 0.502. The van der Waals surface area contributed by atoms with Gasteiger partial charge < -0.3 is 10.2 Å². The molecule has 0 unspecified atom stereocenters. The lowest BCUT2D eigenvalue weighted by molar-refractivity contribution is 0.102. The molecule has 0 aliphatic carbocycles. The van der Waals surface area contributed by atoms with Gasteiger partial charge in [0.05, 0.1) is 5.56 Å². The van der Waals surface area contributed by atoms with Crippen LogP contribution in [0.15, 0.2) is 36.4 Å². The number of benzene rings is 1. The molecule has 1 aromatic heterocycles. The van der Waals surface area contributed by atoms with E-state index in [0.717, 1.165) is 11.4 Å². The summed E-state index contributed by atoms with van der Waals surface area (Å²) < 4.78 is 0. The number of amides is 1. The first-order chi connectivity index (χ1) is 9.08. The minimum absolute atomic E-state index is 0.164. The predicted molar refractivity (Wildman–Crippen MR) is 76.5 cm³/mol. The lowest BCUT2D eigenvalue weighted by Gasteiger charge is -2.16. The highest BCUT2D eigenvalue weighted by molar-refractivity contribution is 6.07. The van der Waals surface area contributed by atoms with Gasteiger partial charge in [-0.25, -0.2) is 4.98 Å². The van der Waals surface area contributed by atoms with E-state index < -0.39 is 0 Å². The standard InChI is InChI=1S/C15H16N3O/c1-11-9-10-13(14(16-11)18(2)3)15(19)17-12-7-5-4-6-8-12/h5-10H,1-3H3,(H,17,19).